The summed E-state index contributed by atoms with van der Waals surface area (Å²) in [5.41, 5.74) is -0.672. The van der Waals surface area contributed by atoms with Crippen LogP contribution >= 0.6 is 0 Å². The van der Waals surface area contributed by atoms with Crippen molar-refractivity contribution in [3.05, 3.63) is 66.1 Å². The molecule has 1 aromatic heterocycles. The molecule has 12 nitrogen and oxygen atoms in total. The number of aryl methyl sites for hydroxylation is 1. The third kappa shape index (κ3) is 7.14. The van der Waals surface area contributed by atoms with Crippen molar-refractivity contribution in [2.45, 2.75) is 37.2 Å². The first-order chi connectivity index (χ1) is 20.6. The number of para-hydroxylation sites is 1. The molecule has 0 fully saturated rings. The number of urea groups is 1. The Hall–Kier alpha value is -4.15. The number of anilines is 2. The number of hydrogen-bond donors (Lipinski definition) is 3. The van der Waals surface area contributed by atoms with Crippen LogP contribution in [0.2, 0.25) is 0 Å². The predicted octanol–water partition coefficient (Wildman–Crippen LogP) is 3.62. The first kappa shape index (κ1) is 32.8. The van der Waals surface area contributed by atoms with Gasteiger partial charge in [-0.3, -0.25) is 4.79 Å². The molecular formula is C28H33F3N6O6S. The second kappa shape index (κ2) is 12.8. The summed E-state index contributed by atoms with van der Waals surface area (Å²) >= 11 is 0. The third-order valence-electron chi connectivity index (χ3n) is 7.20. The topological polar surface area (TPSA) is 146 Å². The average Bonchev–Trinajstić information content (AvgIpc) is 3.41. The minimum Gasteiger partial charge on any atom is -0.486 e. The van der Waals surface area contributed by atoms with E-state index in [0.29, 0.717) is 0 Å². The van der Waals surface area contributed by atoms with Gasteiger partial charge in [0.15, 0.2) is 10.8 Å². The number of hydrogen-bond acceptors (Lipinski definition) is 7. The lowest BCUT2D eigenvalue weighted by Gasteiger charge is -2.38. The van der Waals surface area contributed by atoms with E-state index < -0.39 is 51.8 Å². The van der Waals surface area contributed by atoms with E-state index in [2.05, 4.69) is 15.6 Å². The van der Waals surface area contributed by atoms with Gasteiger partial charge in [0.2, 0.25) is 0 Å². The third-order valence-corrected chi connectivity index (χ3v) is 8.91. The smallest absolute Gasteiger partial charge is 0.416 e. The molecule has 238 valence electrons. The Balaban J connectivity index is 1.65. The zero-order valence-electron chi connectivity index (χ0n) is 24.4. The van der Waals surface area contributed by atoms with Crippen LogP contribution in [0.3, 0.4) is 0 Å². The summed E-state index contributed by atoms with van der Waals surface area (Å²) in [5, 5.41) is 14.7. The summed E-state index contributed by atoms with van der Waals surface area (Å²) in [5.74, 6) is -0.958. The number of aliphatic hydroxyl groups excluding tert-OH is 1. The average molecular weight is 639 g/mol. The lowest BCUT2D eigenvalue weighted by atomic mass is 9.99. The molecule has 0 aliphatic carbocycles. The van der Waals surface area contributed by atoms with Crippen LogP contribution in [0.5, 0.6) is 5.75 Å². The number of nitrogens with zero attached hydrogens (tertiary/aromatic N) is 4. The Bertz CT molecular complexity index is 1610. The van der Waals surface area contributed by atoms with Gasteiger partial charge in [0.1, 0.15) is 6.10 Å². The van der Waals surface area contributed by atoms with Gasteiger partial charge in [-0.2, -0.15) is 17.5 Å². The fourth-order valence-electron chi connectivity index (χ4n) is 4.62. The minimum atomic E-state index is -4.54. The van der Waals surface area contributed by atoms with Crippen molar-refractivity contribution in [1.82, 2.24) is 18.8 Å². The zero-order chi connectivity index (χ0) is 32.4. The summed E-state index contributed by atoms with van der Waals surface area (Å²) in [6, 6.07) is 6.89. The van der Waals surface area contributed by atoms with Gasteiger partial charge in [-0.1, -0.05) is 13.0 Å². The molecule has 0 radical (unpaired) electrons. The maximum absolute atomic E-state index is 13.7. The van der Waals surface area contributed by atoms with Crippen LogP contribution in [-0.4, -0.2) is 83.1 Å². The number of sulfonamides is 1. The molecule has 3 amide bonds. The lowest BCUT2D eigenvalue weighted by molar-refractivity contribution is -0.137. The van der Waals surface area contributed by atoms with E-state index in [9.17, 15) is 36.3 Å². The number of halogens is 3. The first-order valence-electron chi connectivity index (χ1n) is 13.5. The van der Waals surface area contributed by atoms with E-state index in [1.165, 1.54) is 47.2 Å². The number of amides is 3. The van der Waals surface area contributed by atoms with Gasteiger partial charge < -0.3 is 29.9 Å². The minimum absolute atomic E-state index is 0.0320. The molecule has 16 heteroatoms. The Morgan fingerprint density at radius 3 is 2.48 bits per heavy atom. The van der Waals surface area contributed by atoms with Gasteiger partial charge in [0, 0.05) is 38.4 Å². The molecule has 1 aliphatic rings. The summed E-state index contributed by atoms with van der Waals surface area (Å²) < 4.78 is 74.1. The highest BCUT2D eigenvalue weighted by Crippen LogP contribution is 2.35. The molecule has 3 N–H and O–H groups in total. The summed E-state index contributed by atoms with van der Waals surface area (Å²) in [7, 11) is -0.996. The standard InChI is InChI=1S/C28H33F3N6O6S/c1-17-12-37(18(2)15-38)26(39)21-6-5-7-22(34-27(40)33-20-10-8-19(9-11-20)28(29,30)31)25(21)43-23(17)13-36(4)44(41,42)24-14-35(3)16-32-24/h5-11,14,16-18,23,38H,12-13,15H2,1-4H3,(H2,33,34,40)/t17-,18+,23+/m1/s1. The maximum Gasteiger partial charge on any atom is 0.416 e. The van der Waals surface area contributed by atoms with Crippen molar-refractivity contribution >= 4 is 33.3 Å². The van der Waals surface area contributed by atoms with E-state index >= 15 is 0 Å². The molecular weight excluding hydrogens is 605 g/mol. The largest absolute Gasteiger partial charge is 0.486 e. The zero-order valence-corrected chi connectivity index (χ0v) is 25.2. The molecule has 0 spiro atoms. The number of imidazole rings is 1. The van der Waals surface area contributed by atoms with Crippen molar-refractivity contribution in [2.24, 2.45) is 13.0 Å². The molecule has 2 heterocycles. The highest BCUT2D eigenvalue weighted by atomic mass is 32.2. The Morgan fingerprint density at radius 2 is 1.89 bits per heavy atom. The van der Waals surface area contributed by atoms with Crippen LogP contribution in [0.25, 0.3) is 0 Å². The van der Waals surface area contributed by atoms with Gasteiger partial charge in [0.25, 0.3) is 15.9 Å². The first-order valence-corrected chi connectivity index (χ1v) is 15.0. The Morgan fingerprint density at radius 1 is 1.20 bits per heavy atom. The molecule has 0 saturated carbocycles. The second-order valence-corrected chi connectivity index (χ2v) is 12.6. The van der Waals surface area contributed by atoms with Gasteiger partial charge in [-0.05, 0) is 43.3 Å². The molecule has 0 bridgehead atoms. The second-order valence-electron chi connectivity index (χ2n) is 10.6. The van der Waals surface area contributed by atoms with Crippen molar-refractivity contribution in [3.8, 4) is 5.75 Å². The number of alkyl halides is 3. The fraction of sp³-hybridized carbons (Fsp3) is 0.393. The van der Waals surface area contributed by atoms with Crippen LogP contribution < -0.4 is 15.4 Å². The van der Waals surface area contributed by atoms with E-state index in [-0.39, 0.29) is 47.4 Å². The molecule has 3 atom stereocenters. The van der Waals surface area contributed by atoms with Crippen LogP contribution in [0, 0.1) is 5.92 Å². The monoisotopic (exact) mass is 638 g/mol. The molecule has 4 rings (SSSR count). The summed E-state index contributed by atoms with van der Waals surface area (Å²) in [4.78, 5) is 31.9. The highest BCUT2D eigenvalue weighted by Gasteiger charge is 2.37. The lowest BCUT2D eigenvalue weighted by Crippen LogP contribution is -2.50. The quantitative estimate of drug-likeness (QED) is 0.342. The number of aromatic nitrogens is 2. The SMILES string of the molecule is C[C@@H]1CN([C@@H](C)CO)C(=O)c2cccc(NC(=O)Nc3ccc(C(F)(F)F)cc3)c2O[C@H]1CN(C)S(=O)(=O)c1cn(C)cn1. The molecule has 44 heavy (non-hydrogen) atoms. The summed E-state index contributed by atoms with van der Waals surface area (Å²) in [6.45, 7) is 3.09. The van der Waals surface area contributed by atoms with Crippen molar-refractivity contribution < 1.29 is 41.0 Å². The Labute approximate surface area is 252 Å². The number of rotatable bonds is 8. The van der Waals surface area contributed by atoms with E-state index in [1.54, 1.807) is 20.9 Å². The normalized spacial score (nSPS) is 18.2. The molecule has 1 aliphatic heterocycles. The van der Waals surface area contributed by atoms with Crippen LogP contribution in [0.4, 0.5) is 29.3 Å². The fourth-order valence-corrected chi connectivity index (χ4v) is 5.76. The Kier molecular flexibility index (Phi) is 9.56. The maximum atomic E-state index is 13.7. The number of carbonyl (C=O) groups is 2. The number of carbonyl (C=O) groups excluding carboxylic acids is 2. The van der Waals surface area contributed by atoms with E-state index in [1.807, 2.05) is 0 Å². The molecule has 0 unspecified atom stereocenters. The number of ether oxygens (including phenoxy) is 1. The van der Waals surface area contributed by atoms with E-state index in [0.717, 1.165) is 28.6 Å². The van der Waals surface area contributed by atoms with Crippen molar-refractivity contribution in [2.75, 3.05) is 37.4 Å². The van der Waals surface area contributed by atoms with Crippen LogP contribution in [0.1, 0.15) is 29.8 Å². The number of aliphatic hydroxyl groups is 1. The predicted molar refractivity (Wildman–Crippen MR) is 155 cm³/mol. The van der Waals surface area contributed by atoms with Crippen LogP contribution in [-0.2, 0) is 23.2 Å². The van der Waals surface area contributed by atoms with Crippen molar-refractivity contribution in [1.29, 1.82) is 0 Å². The molecule has 0 saturated heterocycles. The molecule has 3 aromatic rings. The summed E-state index contributed by atoms with van der Waals surface area (Å²) in [6.07, 6.45) is -2.64. The number of benzene rings is 2. The van der Waals surface area contributed by atoms with Gasteiger partial charge in [-0.25, -0.2) is 18.2 Å². The van der Waals surface area contributed by atoms with Gasteiger partial charge >= 0.3 is 12.2 Å². The number of nitrogens with one attached hydrogen (secondary N) is 2. The number of fused-ring (bicyclic) bond motifs is 1. The van der Waals surface area contributed by atoms with Crippen LogP contribution in [0.15, 0.2) is 60.0 Å². The van der Waals surface area contributed by atoms with Gasteiger partial charge in [0.05, 0.1) is 42.3 Å². The molecule has 2 aromatic carbocycles. The van der Waals surface area contributed by atoms with E-state index in [4.69, 9.17) is 4.74 Å². The number of likely N-dealkylation sites (N-methyl/N-ethyl adjacent to an activating group) is 1. The van der Waals surface area contributed by atoms with Gasteiger partial charge in [-0.15, -0.1) is 0 Å². The van der Waals surface area contributed by atoms with Crippen molar-refractivity contribution in [3.63, 3.8) is 0 Å². The highest BCUT2D eigenvalue weighted by molar-refractivity contribution is 7.89.